The summed E-state index contributed by atoms with van der Waals surface area (Å²) < 4.78 is 0. The standard InChI is InChI=1S/CH4.Al.H2O.Ti.3H/h1H4;;1H2;;;;. The van der Waals surface area contributed by atoms with Crippen molar-refractivity contribution in [2.24, 2.45) is 0 Å². The Kier molecular flexibility index (Phi) is 470. The average molecular weight is 112 g/mol. The molecule has 0 aromatic rings. The number of hydrogen-bond acceptors (Lipinski definition) is 0. The van der Waals surface area contributed by atoms with E-state index in [1.165, 1.54) is 0 Å². The van der Waals surface area contributed by atoms with Crippen LogP contribution < -0.4 is 0 Å². The van der Waals surface area contributed by atoms with Gasteiger partial charge < -0.3 is 5.48 Å². The summed E-state index contributed by atoms with van der Waals surface area (Å²) in [7, 11) is 0. The van der Waals surface area contributed by atoms with Crippen molar-refractivity contribution in [3.63, 3.8) is 0 Å². The first-order valence-electron chi connectivity index (χ1n) is 0. The molecule has 0 heterocycles. The van der Waals surface area contributed by atoms with Gasteiger partial charge in [0.2, 0.25) is 0 Å². The van der Waals surface area contributed by atoms with Gasteiger partial charge in [0.25, 0.3) is 0 Å². The van der Waals surface area contributed by atoms with Crippen LogP contribution in [0.5, 0.6) is 0 Å². The first-order chi connectivity index (χ1) is 0. The van der Waals surface area contributed by atoms with Gasteiger partial charge in [0.05, 0.1) is 0 Å². The van der Waals surface area contributed by atoms with Crippen molar-refractivity contribution in [2.75, 3.05) is 0 Å². The summed E-state index contributed by atoms with van der Waals surface area (Å²) >= 11 is 0. The van der Waals surface area contributed by atoms with E-state index in [0.717, 1.165) is 0 Å². The summed E-state index contributed by atoms with van der Waals surface area (Å²) in [5, 5.41) is 0. The van der Waals surface area contributed by atoms with Crippen LogP contribution in [0.2, 0.25) is 0 Å². The minimum absolute atomic E-state index is 0. The smallest absolute Gasteiger partial charge is 0.187 e. The van der Waals surface area contributed by atoms with Gasteiger partial charge in [-0.15, -0.1) is 0 Å². The van der Waals surface area contributed by atoms with E-state index in [1.807, 2.05) is 0 Å². The Morgan fingerprint density at radius 2 is 1.00 bits per heavy atom. The van der Waals surface area contributed by atoms with Gasteiger partial charge >= 0.3 is 0 Å². The molecule has 0 radical (unpaired) electrons. The molecule has 0 saturated heterocycles. The van der Waals surface area contributed by atoms with Crippen LogP contribution in [0.3, 0.4) is 0 Å². The van der Waals surface area contributed by atoms with Crippen molar-refractivity contribution >= 4 is 17.4 Å². The van der Waals surface area contributed by atoms with Crippen molar-refractivity contribution in [3.05, 3.63) is 0 Å². The summed E-state index contributed by atoms with van der Waals surface area (Å²) in [6.45, 7) is 0. The van der Waals surface area contributed by atoms with Gasteiger partial charge in [0.1, 0.15) is 0 Å². The molecule has 0 fully saturated rings. The van der Waals surface area contributed by atoms with Gasteiger partial charge in [0, 0.05) is 21.7 Å². The fraction of sp³-hybridized carbons (Fsp3) is 1.00. The van der Waals surface area contributed by atoms with Gasteiger partial charge in [-0.2, -0.15) is 0 Å². The van der Waals surface area contributed by atoms with Gasteiger partial charge in [-0.1, -0.05) is 7.43 Å². The minimum atomic E-state index is 0. The topological polar surface area (TPSA) is 31.5 Å². The third-order valence-electron chi connectivity index (χ3n) is 0. The Bertz CT molecular complexity index is 8.00. The quantitative estimate of drug-likeness (QED) is 0.346. The molecule has 0 unspecified atom stereocenters. The Morgan fingerprint density at radius 1 is 1.00 bits per heavy atom. The Morgan fingerprint density at radius 3 is 1.00 bits per heavy atom. The maximum Gasteiger partial charge on any atom is 0.187 e. The van der Waals surface area contributed by atoms with Crippen molar-refractivity contribution < 1.29 is 27.2 Å². The Hall–Kier alpha value is 1.21. The molecule has 0 aliphatic rings. The molecule has 0 aliphatic heterocycles. The molecule has 3 heteroatoms. The van der Waals surface area contributed by atoms with E-state index in [9.17, 15) is 0 Å². The van der Waals surface area contributed by atoms with E-state index in [-0.39, 0.29) is 52.0 Å². The monoisotopic (exact) mass is 112 g/mol. The third kappa shape index (κ3) is 10.7. The van der Waals surface area contributed by atoms with E-state index in [0.29, 0.717) is 0 Å². The van der Waals surface area contributed by atoms with E-state index >= 15 is 0 Å². The van der Waals surface area contributed by atoms with Crippen LogP contribution in [0.15, 0.2) is 0 Å². The second-order valence-corrected chi connectivity index (χ2v) is 0. The molecule has 4 heavy (non-hydrogen) atoms. The third-order valence-corrected chi connectivity index (χ3v) is 0. The average Bonchev–Trinajstić information content (AvgIpc) is 0. The van der Waals surface area contributed by atoms with Crippen LogP contribution >= 0.6 is 0 Å². The fourth-order valence-corrected chi connectivity index (χ4v) is 0. The van der Waals surface area contributed by atoms with Crippen LogP contribution in [0.25, 0.3) is 0 Å². The molecule has 0 aromatic heterocycles. The molecule has 1 nitrogen and oxygen atoms in total. The van der Waals surface area contributed by atoms with E-state index in [4.69, 9.17) is 0 Å². The largest absolute Gasteiger partial charge is 0.412 e. The van der Waals surface area contributed by atoms with E-state index in [1.54, 1.807) is 0 Å². The molecule has 0 aliphatic carbocycles. The van der Waals surface area contributed by atoms with E-state index in [2.05, 4.69) is 0 Å². The second-order valence-electron chi connectivity index (χ2n) is 0. The zero-order chi connectivity index (χ0) is 0. The second kappa shape index (κ2) is 29.7. The van der Waals surface area contributed by atoms with Crippen LogP contribution in [-0.4, -0.2) is 22.8 Å². The maximum atomic E-state index is 0. The predicted molar refractivity (Wildman–Crippen MR) is 20.3 cm³/mol. The molecule has 0 atom stereocenters. The molecule has 26 valence electrons. The molecule has 0 bridgehead atoms. The summed E-state index contributed by atoms with van der Waals surface area (Å²) in [6.07, 6.45) is 0. The summed E-state index contributed by atoms with van der Waals surface area (Å²) in [4.78, 5) is 0. The summed E-state index contributed by atoms with van der Waals surface area (Å²) in [6, 6.07) is 0. The zero-order valence-corrected chi connectivity index (χ0v) is 2.56. The first-order valence-corrected chi connectivity index (χ1v) is 0. The zero-order valence-electron chi connectivity index (χ0n) is 1.00. The molecule has 0 rings (SSSR count). The predicted octanol–water partition coefficient (Wildman–Crippen LogP) is -1.38. The normalized spacial score (nSPS) is 0. The molecule has 0 aromatic carbocycles. The molecular formula is CH9AlOTi. The van der Waals surface area contributed by atoms with Crippen LogP contribution in [-0.2, 0) is 21.7 Å². The van der Waals surface area contributed by atoms with Crippen LogP contribution in [0.4, 0.5) is 0 Å². The summed E-state index contributed by atoms with van der Waals surface area (Å²) in [5.74, 6) is 0. The van der Waals surface area contributed by atoms with Gasteiger partial charge in [-0.05, 0) is 0 Å². The van der Waals surface area contributed by atoms with E-state index < -0.39 is 0 Å². The fourth-order valence-electron chi connectivity index (χ4n) is 0. The van der Waals surface area contributed by atoms with Crippen molar-refractivity contribution in [1.82, 2.24) is 0 Å². The first kappa shape index (κ1) is 63.3. The Balaban J connectivity index is 0. The summed E-state index contributed by atoms with van der Waals surface area (Å²) in [5.41, 5.74) is 0. The SMILES string of the molecule is C.O.[AlH3].[Ti]. The molecule has 2 N–H and O–H groups in total. The molecule has 0 amide bonds. The minimum Gasteiger partial charge on any atom is -0.412 e. The van der Waals surface area contributed by atoms with Crippen molar-refractivity contribution in [2.45, 2.75) is 7.43 Å². The molecular weight excluding hydrogens is 103 g/mol. The Labute approximate surface area is 52.1 Å². The van der Waals surface area contributed by atoms with Gasteiger partial charge in [-0.3, -0.25) is 0 Å². The van der Waals surface area contributed by atoms with Gasteiger partial charge in [-0.25, -0.2) is 0 Å². The van der Waals surface area contributed by atoms with Gasteiger partial charge in [0.15, 0.2) is 17.4 Å². The number of hydrogen-bond donors (Lipinski definition) is 0. The van der Waals surface area contributed by atoms with Crippen LogP contribution in [0.1, 0.15) is 7.43 Å². The number of rotatable bonds is 0. The maximum absolute atomic E-state index is 0. The molecule has 0 saturated carbocycles. The van der Waals surface area contributed by atoms with Crippen LogP contribution in [0, 0.1) is 0 Å². The van der Waals surface area contributed by atoms with Crippen molar-refractivity contribution in [1.29, 1.82) is 0 Å². The van der Waals surface area contributed by atoms with Crippen molar-refractivity contribution in [3.8, 4) is 0 Å². The molecule has 0 spiro atoms.